The number of amides is 1. The summed E-state index contributed by atoms with van der Waals surface area (Å²) in [5.74, 6) is 1.86. The number of nitrogens with zero attached hydrogens (tertiary/aromatic N) is 2. The number of benzene rings is 1. The molecule has 0 fully saturated rings. The molecule has 1 heterocycles. The van der Waals surface area contributed by atoms with Gasteiger partial charge in [0.05, 0.1) is 6.54 Å². The molecule has 2 rings (SSSR count). The number of nitrogens with one attached hydrogen (secondary N) is 2. The van der Waals surface area contributed by atoms with E-state index in [2.05, 4.69) is 21.7 Å². The smallest absolute Gasteiger partial charge is 0.224 e. The van der Waals surface area contributed by atoms with Crippen molar-refractivity contribution in [1.29, 1.82) is 0 Å². The maximum Gasteiger partial charge on any atom is 0.224 e. The summed E-state index contributed by atoms with van der Waals surface area (Å²) in [5, 5.41) is 6.45. The third-order valence-electron chi connectivity index (χ3n) is 4.26. The largest absolute Gasteiger partial charge is 0.488 e. The second-order valence-electron chi connectivity index (χ2n) is 6.01. The molecule has 1 amide bonds. The van der Waals surface area contributed by atoms with Gasteiger partial charge in [-0.3, -0.25) is 4.79 Å². The quantitative estimate of drug-likeness (QED) is 0.345. The van der Waals surface area contributed by atoms with Crippen molar-refractivity contribution in [2.75, 3.05) is 32.7 Å². The minimum Gasteiger partial charge on any atom is -0.488 e. The van der Waals surface area contributed by atoms with Crippen molar-refractivity contribution >= 4 is 35.8 Å². The van der Waals surface area contributed by atoms with Gasteiger partial charge in [0, 0.05) is 39.0 Å². The first-order chi connectivity index (χ1) is 12.2. The number of carbonyl (C=O) groups excluding carboxylic acids is 1. The molecule has 146 valence electrons. The Hall–Kier alpha value is -1.51. The van der Waals surface area contributed by atoms with Crippen LogP contribution in [0.4, 0.5) is 0 Å². The molecule has 7 heteroatoms. The molecule has 1 aliphatic heterocycles. The Balaban J connectivity index is 0.00000338. The van der Waals surface area contributed by atoms with Crippen molar-refractivity contribution in [3.8, 4) is 5.75 Å². The molecule has 6 nitrogen and oxygen atoms in total. The zero-order valence-electron chi connectivity index (χ0n) is 16.0. The number of halogens is 1. The number of guanidine groups is 1. The van der Waals surface area contributed by atoms with Crippen LogP contribution in [0.1, 0.15) is 32.8 Å². The third kappa shape index (κ3) is 6.66. The second-order valence-corrected chi connectivity index (χ2v) is 6.01. The Kier molecular flexibility index (Phi) is 10.4. The summed E-state index contributed by atoms with van der Waals surface area (Å²) in [4.78, 5) is 18.5. The highest BCUT2D eigenvalue weighted by Gasteiger charge is 2.21. The van der Waals surface area contributed by atoms with Crippen molar-refractivity contribution < 1.29 is 9.53 Å². The Morgan fingerprint density at radius 2 is 1.96 bits per heavy atom. The Morgan fingerprint density at radius 1 is 1.23 bits per heavy atom. The zero-order valence-corrected chi connectivity index (χ0v) is 18.3. The van der Waals surface area contributed by atoms with E-state index in [4.69, 9.17) is 4.74 Å². The molecule has 0 aliphatic carbocycles. The van der Waals surface area contributed by atoms with Crippen molar-refractivity contribution in [2.45, 2.75) is 39.7 Å². The van der Waals surface area contributed by atoms with Gasteiger partial charge in [0.2, 0.25) is 5.91 Å². The van der Waals surface area contributed by atoms with E-state index in [0.29, 0.717) is 19.5 Å². The van der Waals surface area contributed by atoms with Crippen LogP contribution in [0, 0.1) is 0 Å². The van der Waals surface area contributed by atoms with Crippen molar-refractivity contribution in [3.05, 3.63) is 29.8 Å². The fraction of sp³-hybridized carbons (Fsp3) is 0.579. The van der Waals surface area contributed by atoms with E-state index in [1.165, 1.54) is 5.56 Å². The molecule has 0 saturated carbocycles. The highest BCUT2D eigenvalue weighted by Crippen LogP contribution is 2.28. The summed E-state index contributed by atoms with van der Waals surface area (Å²) in [6.45, 7) is 9.48. The lowest BCUT2D eigenvalue weighted by Gasteiger charge is -2.19. The first-order valence-electron chi connectivity index (χ1n) is 9.22. The summed E-state index contributed by atoms with van der Waals surface area (Å²) < 4.78 is 5.92. The number of rotatable bonds is 8. The highest BCUT2D eigenvalue weighted by atomic mass is 127. The van der Waals surface area contributed by atoms with E-state index in [1.807, 2.05) is 43.9 Å². The SMILES string of the molecule is CCNC(=NCC1Cc2ccccc2O1)NCCC(=O)N(CC)CC.I. The molecule has 1 aromatic rings. The molecule has 0 spiro atoms. The summed E-state index contributed by atoms with van der Waals surface area (Å²) >= 11 is 0. The molecule has 1 aliphatic rings. The molecule has 0 saturated heterocycles. The molecule has 1 unspecified atom stereocenters. The molecular formula is C19H31IN4O2. The van der Waals surface area contributed by atoms with Gasteiger partial charge >= 0.3 is 0 Å². The van der Waals surface area contributed by atoms with Gasteiger partial charge < -0.3 is 20.3 Å². The summed E-state index contributed by atoms with van der Waals surface area (Å²) in [7, 11) is 0. The van der Waals surface area contributed by atoms with E-state index >= 15 is 0 Å². The average Bonchev–Trinajstić information content (AvgIpc) is 3.03. The van der Waals surface area contributed by atoms with Crippen LogP contribution in [0.3, 0.4) is 0 Å². The number of ether oxygens (including phenoxy) is 1. The van der Waals surface area contributed by atoms with Crippen LogP contribution in [0.25, 0.3) is 0 Å². The van der Waals surface area contributed by atoms with Crippen molar-refractivity contribution in [1.82, 2.24) is 15.5 Å². The maximum atomic E-state index is 12.0. The number of hydrogen-bond donors (Lipinski definition) is 2. The van der Waals surface area contributed by atoms with Crippen LogP contribution in [0.15, 0.2) is 29.3 Å². The highest BCUT2D eigenvalue weighted by molar-refractivity contribution is 14.0. The molecule has 26 heavy (non-hydrogen) atoms. The normalized spacial score (nSPS) is 15.5. The minimum atomic E-state index is 0. The molecule has 1 atom stereocenters. The predicted molar refractivity (Wildman–Crippen MR) is 117 cm³/mol. The van der Waals surface area contributed by atoms with E-state index < -0.39 is 0 Å². The minimum absolute atomic E-state index is 0. The molecule has 0 bridgehead atoms. The molecule has 1 aromatic carbocycles. The number of carbonyl (C=O) groups is 1. The monoisotopic (exact) mass is 474 g/mol. The Labute approximate surface area is 173 Å². The van der Waals surface area contributed by atoms with Crippen LogP contribution in [-0.4, -0.2) is 55.6 Å². The number of fused-ring (bicyclic) bond motifs is 1. The van der Waals surface area contributed by atoms with Gasteiger partial charge in [-0.15, -0.1) is 24.0 Å². The second kappa shape index (κ2) is 12.0. The number of aliphatic imine (C=N–C) groups is 1. The first kappa shape index (κ1) is 22.5. The molecule has 0 radical (unpaired) electrons. The van der Waals surface area contributed by atoms with Gasteiger partial charge in [0.1, 0.15) is 11.9 Å². The Morgan fingerprint density at radius 3 is 2.62 bits per heavy atom. The van der Waals surface area contributed by atoms with Crippen LogP contribution >= 0.6 is 24.0 Å². The summed E-state index contributed by atoms with van der Waals surface area (Å²) in [5.41, 5.74) is 1.24. The summed E-state index contributed by atoms with van der Waals surface area (Å²) in [6, 6.07) is 8.12. The molecule has 2 N–H and O–H groups in total. The van der Waals surface area contributed by atoms with Gasteiger partial charge in [-0.1, -0.05) is 18.2 Å². The first-order valence-corrected chi connectivity index (χ1v) is 9.22. The van der Waals surface area contributed by atoms with Gasteiger partial charge in [0.15, 0.2) is 5.96 Å². The molecular weight excluding hydrogens is 443 g/mol. The van der Waals surface area contributed by atoms with Crippen LogP contribution in [0.2, 0.25) is 0 Å². The van der Waals surface area contributed by atoms with E-state index in [-0.39, 0.29) is 36.0 Å². The van der Waals surface area contributed by atoms with Gasteiger partial charge in [-0.25, -0.2) is 4.99 Å². The predicted octanol–water partition coefficient (Wildman–Crippen LogP) is 2.42. The van der Waals surface area contributed by atoms with Crippen molar-refractivity contribution in [2.24, 2.45) is 4.99 Å². The Bertz CT molecular complexity index is 566. The zero-order chi connectivity index (χ0) is 18.1. The van der Waals surface area contributed by atoms with Crippen LogP contribution < -0.4 is 15.4 Å². The lowest BCUT2D eigenvalue weighted by atomic mass is 10.1. The van der Waals surface area contributed by atoms with E-state index in [1.54, 1.807) is 0 Å². The fourth-order valence-electron chi connectivity index (χ4n) is 2.91. The molecule has 0 aromatic heterocycles. The lowest BCUT2D eigenvalue weighted by Crippen LogP contribution is -2.40. The number of para-hydroxylation sites is 1. The summed E-state index contributed by atoms with van der Waals surface area (Å²) in [6.07, 6.45) is 1.43. The van der Waals surface area contributed by atoms with Gasteiger partial charge in [-0.2, -0.15) is 0 Å². The van der Waals surface area contributed by atoms with Gasteiger partial charge in [-0.05, 0) is 32.4 Å². The van der Waals surface area contributed by atoms with Gasteiger partial charge in [0.25, 0.3) is 0 Å². The topological polar surface area (TPSA) is 66.0 Å². The van der Waals surface area contributed by atoms with E-state index in [9.17, 15) is 4.79 Å². The maximum absolute atomic E-state index is 12.0. The number of hydrogen-bond acceptors (Lipinski definition) is 3. The lowest BCUT2D eigenvalue weighted by molar-refractivity contribution is -0.130. The average molecular weight is 474 g/mol. The van der Waals surface area contributed by atoms with Crippen LogP contribution in [0.5, 0.6) is 5.75 Å². The van der Waals surface area contributed by atoms with Crippen LogP contribution in [-0.2, 0) is 11.2 Å². The van der Waals surface area contributed by atoms with E-state index in [0.717, 1.165) is 37.8 Å². The third-order valence-corrected chi connectivity index (χ3v) is 4.26. The fourth-order valence-corrected chi connectivity index (χ4v) is 2.91. The van der Waals surface area contributed by atoms with Crippen molar-refractivity contribution in [3.63, 3.8) is 0 Å². The standard InChI is InChI=1S/C19H30N4O2.HI/c1-4-20-19(21-12-11-18(24)23(5-2)6-3)22-14-16-13-15-9-7-8-10-17(15)25-16;/h7-10,16H,4-6,11-14H2,1-3H3,(H2,20,21,22);1H.